The van der Waals surface area contributed by atoms with Gasteiger partial charge in [-0.25, -0.2) is 4.79 Å². The van der Waals surface area contributed by atoms with Crippen molar-refractivity contribution in [2.24, 2.45) is 0 Å². The van der Waals surface area contributed by atoms with E-state index in [4.69, 9.17) is 5.11 Å². The molecule has 0 fully saturated rings. The molecule has 6 heteroatoms. The van der Waals surface area contributed by atoms with Crippen molar-refractivity contribution >= 4 is 5.97 Å². The number of carboxylic acid groups (broad SMARTS) is 1. The van der Waals surface area contributed by atoms with Gasteiger partial charge in [0.05, 0.1) is 11.8 Å². The third kappa shape index (κ3) is 4.18. The molecule has 0 unspecified atom stereocenters. The molecule has 0 aliphatic carbocycles. The van der Waals surface area contributed by atoms with Gasteiger partial charge in [0.15, 0.2) is 0 Å². The summed E-state index contributed by atoms with van der Waals surface area (Å²) in [6.07, 6.45) is 4.47. The minimum Gasteiger partial charge on any atom is -0.478 e. The molecule has 0 radical (unpaired) electrons. The number of rotatable bonds is 7. The van der Waals surface area contributed by atoms with Crippen LogP contribution in [0.25, 0.3) is 0 Å². The van der Waals surface area contributed by atoms with Crippen molar-refractivity contribution in [3.8, 4) is 0 Å². The average molecular weight is 260 g/mol. The number of carbonyl (C=O) groups is 1. The van der Waals surface area contributed by atoms with E-state index in [2.05, 4.69) is 15.6 Å². The summed E-state index contributed by atoms with van der Waals surface area (Å²) in [5.74, 6) is -0.896. The number of aromatic nitrogens is 3. The van der Waals surface area contributed by atoms with Crippen LogP contribution in [0.2, 0.25) is 0 Å². The Morgan fingerprint density at radius 1 is 1.32 bits per heavy atom. The molecule has 2 aromatic rings. The highest BCUT2D eigenvalue weighted by Crippen LogP contribution is 2.04. The highest BCUT2D eigenvalue weighted by molar-refractivity contribution is 5.87. The predicted molar refractivity (Wildman–Crippen MR) is 69.7 cm³/mol. The fourth-order valence-electron chi connectivity index (χ4n) is 1.72. The number of aryl methyl sites for hydroxylation is 1. The monoisotopic (exact) mass is 260 g/mol. The molecule has 0 spiro atoms. The van der Waals surface area contributed by atoms with Crippen molar-refractivity contribution in [1.29, 1.82) is 0 Å². The van der Waals surface area contributed by atoms with E-state index in [0.717, 1.165) is 31.6 Å². The Morgan fingerprint density at radius 3 is 2.74 bits per heavy atom. The van der Waals surface area contributed by atoms with E-state index in [1.165, 1.54) is 0 Å². The number of benzene rings is 1. The maximum atomic E-state index is 10.7. The van der Waals surface area contributed by atoms with Crippen LogP contribution in [0, 0.1) is 0 Å². The van der Waals surface area contributed by atoms with Crippen LogP contribution in [0.3, 0.4) is 0 Å². The van der Waals surface area contributed by atoms with Crippen LogP contribution in [0.5, 0.6) is 0 Å². The van der Waals surface area contributed by atoms with Crippen LogP contribution in [0.1, 0.15) is 22.3 Å². The Bertz CT molecular complexity index is 508. The maximum absolute atomic E-state index is 10.7. The second kappa shape index (κ2) is 6.65. The lowest BCUT2D eigenvalue weighted by molar-refractivity contribution is 0.0697. The molecule has 1 aromatic carbocycles. The molecule has 0 amide bonds. The van der Waals surface area contributed by atoms with Gasteiger partial charge in [-0.3, -0.25) is 4.68 Å². The number of nitrogens with zero attached hydrogens (tertiary/aromatic N) is 3. The molecule has 100 valence electrons. The number of nitrogens with one attached hydrogen (secondary N) is 1. The molecule has 1 aromatic heterocycles. The molecule has 0 aliphatic heterocycles. The van der Waals surface area contributed by atoms with E-state index in [9.17, 15) is 4.79 Å². The second-order valence-electron chi connectivity index (χ2n) is 4.20. The Hall–Kier alpha value is -2.21. The van der Waals surface area contributed by atoms with Gasteiger partial charge in [-0.15, -0.1) is 5.10 Å². The fraction of sp³-hybridized carbons (Fsp3) is 0.308. The van der Waals surface area contributed by atoms with E-state index in [1.54, 1.807) is 23.0 Å². The van der Waals surface area contributed by atoms with Gasteiger partial charge in [0.2, 0.25) is 0 Å². The van der Waals surface area contributed by atoms with Crippen molar-refractivity contribution in [2.45, 2.75) is 19.5 Å². The van der Waals surface area contributed by atoms with E-state index >= 15 is 0 Å². The lowest BCUT2D eigenvalue weighted by Gasteiger charge is -2.05. The smallest absolute Gasteiger partial charge is 0.335 e. The first-order valence-electron chi connectivity index (χ1n) is 6.13. The molecule has 6 nitrogen and oxygen atoms in total. The molecule has 2 rings (SSSR count). The first-order valence-corrected chi connectivity index (χ1v) is 6.13. The predicted octanol–water partition coefficient (Wildman–Crippen LogP) is 1.16. The topological polar surface area (TPSA) is 80.0 Å². The van der Waals surface area contributed by atoms with Crippen LogP contribution < -0.4 is 5.32 Å². The largest absolute Gasteiger partial charge is 0.478 e. The number of aromatic carboxylic acids is 1. The van der Waals surface area contributed by atoms with Crippen molar-refractivity contribution in [3.63, 3.8) is 0 Å². The first kappa shape index (κ1) is 13.2. The fourth-order valence-corrected chi connectivity index (χ4v) is 1.72. The van der Waals surface area contributed by atoms with Gasteiger partial charge < -0.3 is 10.4 Å². The molecule has 1 heterocycles. The Morgan fingerprint density at radius 2 is 2.11 bits per heavy atom. The van der Waals surface area contributed by atoms with Crippen molar-refractivity contribution < 1.29 is 9.90 Å². The number of carboxylic acids is 1. The van der Waals surface area contributed by atoms with Crippen LogP contribution in [0.4, 0.5) is 0 Å². The minimum atomic E-state index is -0.896. The molecule has 0 saturated heterocycles. The third-order valence-electron chi connectivity index (χ3n) is 2.74. The van der Waals surface area contributed by atoms with Gasteiger partial charge in [0.25, 0.3) is 0 Å². The molecule has 0 bridgehead atoms. The lowest BCUT2D eigenvalue weighted by atomic mass is 10.1. The molecule has 19 heavy (non-hydrogen) atoms. The minimum absolute atomic E-state index is 0.315. The van der Waals surface area contributed by atoms with Crippen LogP contribution in [0.15, 0.2) is 36.7 Å². The van der Waals surface area contributed by atoms with Gasteiger partial charge in [-0.05, 0) is 30.7 Å². The zero-order valence-corrected chi connectivity index (χ0v) is 10.5. The van der Waals surface area contributed by atoms with Crippen LogP contribution in [-0.4, -0.2) is 32.6 Å². The second-order valence-corrected chi connectivity index (χ2v) is 4.20. The first-order chi connectivity index (χ1) is 9.25. The number of hydrogen-bond donors (Lipinski definition) is 2. The van der Waals surface area contributed by atoms with Crippen molar-refractivity contribution in [1.82, 2.24) is 20.3 Å². The summed E-state index contributed by atoms with van der Waals surface area (Å²) < 4.78 is 1.79. The summed E-state index contributed by atoms with van der Waals surface area (Å²) in [5.41, 5.74) is 1.39. The summed E-state index contributed by atoms with van der Waals surface area (Å²) in [5, 5.41) is 19.7. The third-order valence-corrected chi connectivity index (χ3v) is 2.74. The van der Waals surface area contributed by atoms with Crippen LogP contribution in [-0.2, 0) is 13.1 Å². The van der Waals surface area contributed by atoms with Gasteiger partial charge in [0.1, 0.15) is 0 Å². The zero-order chi connectivity index (χ0) is 13.5. The summed E-state index contributed by atoms with van der Waals surface area (Å²) >= 11 is 0. The summed E-state index contributed by atoms with van der Waals surface area (Å²) in [4.78, 5) is 10.7. The Kier molecular flexibility index (Phi) is 4.63. The standard InChI is InChI=1S/C13H16N4O2/c18-13(19)12-4-2-11(3-5-12)10-14-6-1-8-17-9-7-15-16-17/h2-5,7,9,14H,1,6,8,10H2,(H,18,19). The normalized spacial score (nSPS) is 10.5. The lowest BCUT2D eigenvalue weighted by Crippen LogP contribution is -2.16. The molecule has 2 N–H and O–H groups in total. The SMILES string of the molecule is O=C(O)c1ccc(CNCCCn2ccnn2)cc1. The van der Waals surface area contributed by atoms with E-state index in [-0.39, 0.29) is 0 Å². The molecule has 0 atom stereocenters. The molecular weight excluding hydrogens is 244 g/mol. The summed E-state index contributed by atoms with van der Waals surface area (Å²) in [6.45, 7) is 2.45. The van der Waals surface area contributed by atoms with Gasteiger partial charge in [-0.1, -0.05) is 17.3 Å². The molecule has 0 aliphatic rings. The number of hydrogen-bond acceptors (Lipinski definition) is 4. The maximum Gasteiger partial charge on any atom is 0.335 e. The molecular formula is C13H16N4O2. The average Bonchev–Trinajstić information content (AvgIpc) is 2.92. The highest BCUT2D eigenvalue weighted by atomic mass is 16.4. The quantitative estimate of drug-likeness (QED) is 0.730. The van der Waals surface area contributed by atoms with E-state index < -0.39 is 5.97 Å². The van der Waals surface area contributed by atoms with Crippen molar-refractivity contribution in [2.75, 3.05) is 6.54 Å². The van der Waals surface area contributed by atoms with E-state index in [1.807, 2.05) is 18.3 Å². The zero-order valence-electron chi connectivity index (χ0n) is 10.5. The highest BCUT2D eigenvalue weighted by Gasteiger charge is 2.01. The van der Waals surface area contributed by atoms with Gasteiger partial charge >= 0.3 is 5.97 Å². The van der Waals surface area contributed by atoms with E-state index in [0.29, 0.717) is 5.56 Å². The molecule has 0 saturated carbocycles. The summed E-state index contributed by atoms with van der Waals surface area (Å²) in [6, 6.07) is 6.89. The Labute approximate surface area is 111 Å². The van der Waals surface area contributed by atoms with Gasteiger partial charge in [-0.2, -0.15) is 0 Å². The summed E-state index contributed by atoms with van der Waals surface area (Å²) in [7, 11) is 0. The Balaban J connectivity index is 1.66. The van der Waals surface area contributed by atoms with Crippen molar-refractivity contribution in [3.05, 3.63) is 47.8 Å². The van der Waals surface area contributed by atoms with Crippen LogP contribution >= 0.6 is 0 Å². The van der Waals surface area contributed by atoms with Gasteiger partial charge in [0, 0.05) is 19.3 Å².